The molecule has 11 heavy (non-hydrogen) atoms. The SMILES string of the molecule is F.[c]1cccc2ccccc12. The normalized spacial score (nSPS) is 9.09. The maximum absolute atomic E-state index is 3.15. The minimum Gasteiger partial charge on any atom is -0.269 e. The van der Waals surface area contributed by atoms with Gasteiger partial charge >= 0.3 is 0 Å². The Labute approximate surface area is 64.8 Å². The summed E-state index contributed by atoms with van der Waals surface area (Å²) in [7, 11) is 0. The lowest BCUT2D eigenvalue weighted by Gasteiger charge is -1.91. The van der Waals surface area contributed by atoms with Gasteiger partial charge in [0.05, 0.1) is 0 Å². The van der Waals surface area contributed by atoms with E-state index in [4.69, 9.17) is 0 Å². The van der Waals surface area contributed by atoms with Crippen LogP contribution in [-0.2, 0) is 0 Å². The maximum Gasteiger partial charge on any atom is -0.00992 e. The van der Waals surface area contributed by atoms with E-state index in [-0.39, 0.29) is 4.70 Å². The molecule has 0 bridgehead atoms. The second-order valence-electron chi connectivity index (χ2n) is 2.26. The van der Waals surface area contributed by atoms with E-state index in [0.717, 1.165) is 0 Å². The molecule has 0 unspecified atom stereocenters. The Morgan fingerprint density at radius 1 is 0.909 bits per heavy atom. The molecule has 0 saturated heterocycles. The molecule has 0 N–H and O–H groups in total. The van der Waals surface area contributed by atoms with Gasteiger partial charge in [0.2, 0.25) is 0 Å². The van der Waals surface area contributed by atoms with Crippen molar-refractivity contribution in [2.24, 2.45) is 0 Å². The van der Waals surface area contributed by atoms with Crippen molar-refractivity contribution in [1.82, 2.24) is 0 Å². The van der Waals surface area contributed by atoms with Gasteiger partial charge in [0, 0.05) is 0 Å². The Kier molecular flexibility index (Phi) is 2.21. The molecule has 0 aliphatic heterocycles. The molecular formula is C10H8F. The second-order valence-corrected chi connectivity index (χ2v) is 2.26. The molecule has 1 radical (unpaired) electrons. The molecule has 0 amide bonds. The number of fused-ring (bicyclic) bond motifs is 1. The molecule has 0 spiro atoms. The van der Waals surface area contributed by atoms with E-state index in [2.05, 4.69) is 24.3 Å². The predicted molar refractivity (Wildman–Crippen MR) is 45.3 cm³/mol. The lowest BCUT2D eigenvalue weighted by molar-refractivity contribution is 1.11. The van der Waals surface area contributed by atoms with Crippen LogP contribution in [0.3, 0.4) is 0 Å². The van der Waals surface area contributed by atoms with Crippen molar-refractivity contribution in [2.75, 3.05) is 0 Å². The monoisotopic (exact) mass is 147 g/mol. The standard InChI is InChI=1S/C10H7.FH/c1-2-6-10-8-4-3-7-9(10)5-1;/h1-7H;1H. The summed E-state index contributed by atoms with van der Waals surface area (Å²) in [5.41, 5.74) is 0. The van der Waals surface area contributed by atoms with Gasteiger partial charge in [-0.15, -0.1) is 0 Å². The average Bonchev–Trinajstić information content (AvgIpc) is 2.05. The molecule has 2 rings (SSSR count). The van der Waals surface area contributed by atoms with Gasteiger partial charge in [-0.1, -0.05) is 42.5 Å². The first kappa shape index (κ1) is 7.73. The van der Waals surface area contributed by atoms with Crippen LogP contribution < -0.4 is 0 Å². The summed E-state index contributed by atoms with van der Waals surface area (Å²) >= 11 is 0. The molecule has 0 aromatic heterocycles. The first-order chi connectivity index (χ1) is 4.97. The molecular weight excluding hydrogens is 139 g/mol. The molecule has 0 aliphatic rings. The van der Waals surface area contributed by atoms with E-state index in [1.807, 2.05) is 24.3 Å². The molecule has 0 saturated carbocycles. The summed E-state index contributed by atoms with van der Waals surface area (Å²) in [5, 5.41) is 2.44. The lowest BCUT2D eigenvalue weighted by atomic mass is 10.1. The van der Waals surface area contributed by atoms with Crippen molar-refractivity contribution < 1.29 is 4.70 Å². The minimum atomic E-state index is 0. The van der Waals surface area contributed by atoms with Gasteiger partial charge in [-0.05, 0) is 16.8 Å². The predicted octanol–water partition coefficient (Wildman–Crippen LogP) is 2.79. The van der Waals surface area contributed by atoms with Crippen LogP contribution in [0.15, 0.2) is 42.5 Å². The highest BCUT2D eigenvalue weighted by molar-refractivity contribution is 5.81. The molecule has 1 heteroatoms. The number of benzene rings is 2. The van der Waals surface area contributed by atoms with Gasteiger partial charge < -0.3 is 0 Å². The van der Waals surface area contributed by atoms with Crippen molar-refractivity contribution in [3.63, 3.8) is 0 Å². The molecule has 2 aromatic rings. The van der Waals surface area contributed by atoms with Crippen molar-refractivity contribution >= 4 is 10.8 Å². The summed E-state index contributed by atoms with van der Waals surface area (Å²) < 4.78 is 0. The smallest absolute Gasteiger partial charge is 0.00992 e. The number of rotatable bonds is 0. The quantitative estimate of drug-likeness (QED) is 0.537. The summed E-state index contributed by atoms with van der Waals surface area (Å²) in [6.45, 7) is 0. The third-order valence-electron chi connectivity index (χ3n) is 1.57. The third-order valence-corrected chi connectivity index (χ3v) is 1.57. The topological polar surface area (TPSA) is 0 Å². The van der Waals surface area contributed by atoms with E-state index in [0.29, 0.717) is 0 Å². The van der Waals surface area contributed by atoms with E-state index in [1.165, 1.54) is 10.8 Å². The lowest BCUT2D eigenvalue weighted by Crippen LogP contribution is -1.67. The zero-order valence-corrected chi connectivity index (χ0v) is 5.95. The van der Waals surface area contributed by atoms with Gasteiger partial charge in [0.15, 0.2) is 0 Å². The van der Waals surface area contributed by atoms with Crippen LogP contribution in [0, 0.1) is 6.07 Å². The van der Waals surface area contributed by atoms with Crippen LogP contribution in [-0.4, -0.2) is 0 Å². The Hall–Kier alpha value is -1.37. The first-order valence-electron chi connectivity index (χ1n) is 3.32. The van der Waals surface area contributed by atoms with E-state index in [1.54, 1.807) is 0 Å². The minimum absolute atomic E-state index is 0. The summed E-state index contributed by atoms with van der Waals surface area (Å²) in [5.74, 6) is 0. The highest BCUT2D eigenvalue weighted by Gasteiger charge is 1.85. The van der Waals surface area contributed by atoms with E-state index in [9.17, 15) is 0 Å². The van der Waals surface area contributed by atoms with Gasteiger partial charge in [-0.3, -0.25) is 4.70 Å². The summed E-state index contributed by atoms with van der Waals surface area (Å²) in [4.78, 5) is 0. The molecule has 0 fully saturated rings. The van der Waals surface area contributed by atoms with Gasteiger partial charge in [0.25, 0.3) is 0 Å². The molecule has 0 heterocycles. The van der Waals surface area contributed by atoms with Crippen LogP contribution in [0.25, 0.3) is 10.8 Å². The highest BCUT2D eigenvalue weighted by Crippen LogP contribution is 2.10. The fourth-order valence-electron chi connectivity index (χ4n) is 1.06. The fourth-order valence-corrected chi connectivity index (χ4v) is 1.06. The van der Waals surface area contributed by atoms with Gasteiger partial charge in [-0.25, -0.2) is 0 Å². The van der Waals surface area contributed by atoms with Crippen LogP contribution in [0.4, 0.5) is 4.70 Å². The molecule has 55 valence electrons. The number of hydrogen-bond donors (Lipinski definition) is 0. The average molecular weight is 147 g/mol. The second kappa shape index (κ2) is 3.15. The molecule has 0 aliphatic carbocycles. The van der Waals surface area contributed by atoms with E-state index < -0.39 is 0 Å². The molecule has 2 aromatic carbocycles. The number of halogens is 1. The Morgan fingerprint density at radius 3 is 2.45 bits per heavy atom. The van der Waals surface area contributed by atoms with Crippen molar-refractivity contribution in [1.29, 1.82) is 0 Å². The Bertz CT molecular complexity index is 276. The van der Waals surface area contributed by atoms with Crippen LogP contribution in [0.1, 0.15) is 0 Å². The van der Waals surface area contributed by atoms with Crippen molar-refractivity contribution in [3.05, 3.63) is 48.5 Å². The first-order valence-corrected chi connectivity index (χ1v) is 3.32. The van der Waals surface area contributed by atoms with Gasteiger partial charge in [0.1, 0.15) is 0 Å². The van der Waals surface area contributed by atoms with Crippen molar-refractivity contribution in [3.8, 4) is 0 Å². The van der Waals surface area contributed by atoms with Crippen LogP contribution in [0.5, 0.6) is 0 Å². The zero-order chi connectivity index (χ0) is 6.81. The van der Waals surface area contributed by atoms with Crippen LogP contribution in [0.2, 0.25) is 0 Å². The maximum atomic E-state index is 3.15. The Balaban J connectivity index is 0.000000605. The summed E-state index contributed by atoms with van der Waals surface area (Å²) in [6.07, 6.45) is 0. The van der Waals surface area contributed by atoms with Crippen molar-refractivity contribution in [2.45, 2.75) is 0 Å². The molecule has 0 atom stereocenters. The zero-order valence-electron chi connectivity index (χ0n) is 5.95. The van der Waals surface area contributed by atoms with Crippen LogP contribution >= 0.6 is 0 Å². The van der Waals surface area contributed by atoms with Gasteiger partial charge in [-0.2, -0.15) is 0 Å². The largest absolute Gasteiger partial charge is 0.269 e. The van der Waals surface area contributed by atoms with E-state index >= 15 is 0 Å². The number of hydrogen-bond acceptors (Lipinski definition) is 0. The summed E-state index contributed by atoms with van der Waals surface area (Å²) in [6, 6.07) is 17.4. The molecule has 0 nitrogen and oxygen atoms in total. The fraction of sp³-hybridized carbons (Fsp3) is 0. The highest BCUT2D eigenvalue weighted by atomic mass is 19.0. The third kappa shape index (κ3) is 1.37. The Morgan fingerprint density at radius 2 is 1.64 bits per heavy atom.